The topological polar surface area (TPSA) is 211 Å². The number of hydrogen-bond donors (Lipinski definition) is 3. The fourth-order valence-corrected chi connectivity index (χ4v) is 6.22. The third kappa shape index (κ3) is 5.67. The minimum atomic E-state index is -4.16. The van der Waals surface area contributed by atoms with Crippen LogP contribution in [0.3, 0.4) is 0 Å². The summed E-state index contributed by atoms with van der Waals surface area (Å²) in [6.45, 7) is 11.2. The maximum absolute atomic E-state index is 14.2. The van der Waals surface area contributed by atoms with Crippen molar-refractivity contribution in [2.24, 2.45) is 15.2 Å². The molecule has 1 aliphatic rings. The number of anilines is 1. The van der Waals surface area contributed by atoms with E-state index in [4.69, 9.17) is 10.8 Å². The van der Waals surface area contributed by atoms with Gasteiger partial charge in [-0.25, -0.2) is 23.0 Å². The average Bonchev–Trinajstić information content (AvgIpc) is 3.51. The molecule has 1 aromatic carbocycles. The van der Waals surface area contributed by atoms with E-state index in [1.54, 1.807) is 24.4 Å². The number of rotatable bonds is 6. The number of azo groups is 1. The first-order valence-corrected chi connectivity index (χ1v) is 15.3. The summed E-state index contributed by atoms with van der Waals surface area (Å²) in [6, 6.07) is 8.02. The van der Waals surface area contributed by atoms with Crippen molar-refractivity contribution >= 4 is 39.2 Å². The summed E-state index contributed by atoms with van der Waals surface area (Å²) >= 11 is 0. The van der Waals surface area contributed by atoms with Crippen molar-refractivity contribution in [3.63, 3.8) is 0 Å². The molecule has 0 atom stereocenters. The van der Waals surface area contributed by atoms with Gasteiger partial charge in [-0.1, -0.05) is 59.7 Å². The molecule has 0 fully saturated rings. The molecule has 0 saturated carbocycles. The van der Waals surface area contributed by atoms with Gasteiger partial charge in [0.2, 0.25) is 15.8 Å². The number of aromatic amines is 2. The molecule has 4 heterocycles. The number of H-pyrrole nitrogens is 2. The van der Waals surface area contributed by atoms with Crippen LogP contribution in [0.15, 0.2) is 71.0 Å². The van der Waals surface area contributed by atoms with Gasteiger partial charge in [-0.2, -0.15) is 24.5 Å². The van der Waals surface area contributed by atoms with E-state index < -0.39 is 32.0 Å². The van der Waals surface area contributed by atoms with E-state index in [-0.39, 0.29) is 38.8 Å². The molecular weight excluding hydrogens is 586 g/mol. The molecule has 3 aromatic heterocycles. The zero-order valence-electron chi connectivity index (χ0n) is 25.2. The number of aromatic nitrogens is 7. The Morgan fingerprint density at radius 3 is 2.14 bits per heavy atom. The molecule has 0 aliphatic carbocycles. The van der Waals surface area contributed by atoms with E-state index in [9.17, 15) is 18.0 Å². The zero-order valence-corrected chi connectivity index (χ0v) is 26.0. The molecule has 44 heavy (non-hydrogen) atoms. The number of benzene rings is 1. The van der Waals surface area contributed by atoms with Crippen LogP contribution in [0, 0.1) is 0 Å². The number of hydrogen-bond acceptors (Lipinski definition) is 11. The summed E-state index contributed by atoms with van der Waals surface area (Å²) in [5.41, 5.74) is 4.13. The fraction of sp³-hybridized carbons (Fsp3) is 0.357. The van der Waals surface area contributed by atoms with Crippen LogP contribution in [0.4, 0.5) is 17.3 Å². The first-order valence-electron chi connectivity index (χ1n) is 13.8. The zero-order chi connectivity index (χ0) is 32.0. The molecule has 4 N–H and O–H groups in total. The molecule has 5 rings (SSSR count). The molecule has 0 spiro atoms. The van der Waals surface area contributed by atoms with Crippen LogP contribution in [-0.4, -0.2) is 49.1 Å². The lowest BCUT2D eigenvalue weighted by Crippen LogP contribution is -2.28. The normalized spacial score (nSPS) is 14.4. The maximum atomic E-state index is 14.2. The quantitative estimate of drug-likeness (QED) is 0.268. The summed E-state index contributed by atoms with van der Waals surface area (Å²) in [4.78, 5) is 36.5. The smallest absolute Gasteiger partial charge is 0.352 e. The molecule has 0 radical (unpaired) electrons. The van der Waals surface area contributed by atoms with Crippen LogP contribution in [-0.2, 0) is 20.7 Å². The van der Waals surface area contributed by atoms with Gasteiger partial charge in [-0.05, 0) is 31.1 Å². The third-order valence-electron chi connectivity index (χ3n) is 6.62. The minimum absolute atomic E-state index is 0.0645. The van der Waals surface area contributed by atoms with Gasteiger partial charge < -0.3 is 5.73 Å². The monoisotopic (exact) mass is 619 g/mol. The van der Waals surface area contributed by atoms with Crippen molar-refractivity contribution < 1.29 is 8.42 Å². The van der Waals surface area contributed by atoms with Crippen LogP contribution in [0.1, 0.15) is 65.8 Å². The van der Waals surface area contributed by atoms with Gasteiger partial charge in [0.1, 0.15) is 4.90 Å². The van der Waals surface area contributed by atoms with Crippen LogP contribution >= 0.6 is 0 Å². The Bertz CT molecular complexity index is 2020. The Kier molecular flexibility index (Phi) is 7.57. The Morgan fingerprint density at radius 1 is 0.886 bits per heavy atom. The summed E-state index contributed by atoms with van der Waals surface area (Å²) in [7, 11) is -4.16. The highest BCUT2D eigenvalue weighted by molar-refractivity contribution is 7.91. The van der Waals surface area contributed by atoms with Gasteiger partial charge in [0.25, 0.3) is 0 Å². The number of nitrogens with zero attached hydrogens (tertiary/aromatic N) is 8. The molecule has 0 saturated heterocycles. The van der Waals surface area contributed by atoms with Crippen molar-refractivity contribution in [3.8, 4) is 5.95 Å². The minimum Gasteiger partial charge on any atom is -0.382 e. The molecule has 230 valence electrons. The lowest BCUT2D eigenvalue weighted by Gasteiger charge is -2.17. The number of nitrogen functional groups attached to an aromatic ring is 1. The van der Waals surface area contributed by atoms with Crippen molar-refractivity contribution in [1.82, 2.24) is 34.5 Å². The number of nitrogens with one attached hydrogen (secondary N) is 2. The SMILES string of the molecule is CC(C)(C)c1nn(-c2nc(=O)[nH]c(=O)[nH]2)c(N)c1N=Nc1c(S(=O)(=O)c2ccccc2)c(C(C)(C)C)nn1C1=CCCC=N1. The number of aliphatic imine (C=N–C) groups is 1. The van der Waals surface area contributed by atoms with E-state index in [1.807, 2.05) is 52.6 Å². The predicted octanol–water partition coefficient (Wildman–Crippen LogP) is 3.93. The Hall–Kier alpha value is -4.99. The standard InChI is InChI=1S/C28H33N11O4S/c1-27(2,3)20-18(22(29)39(36-20)24-31-25(40)33-26(41)32-24)34-35-23-19(44(42,43)16-12-8-7-9-13-16)21(28(4,5)6)37-38(23)17-14-10-11-15-30-17/h7-9,12-15H,10-11,29H2,1-6H3,(H2,31,32,33,40,41). The first-order chi connectivity index (χ1) is 20.6. The van der Waals surface area contributed by atoms with Crippen LogP contribution < -0.4 is 17.1 Å². The van der Waals surface area contributed by atoms with Crippen molar-refractivity contribution in [2.45, 2.75) is 75.0 Å². The van der Waals surface area contributed by atoms with E-state index in [0.29, 0.717) is 17.9 Å². The second kappa shape index (κ2) is 10.9. The summed E-state index contributed by atoms with van der Waals surface area (Å²) in [5.74, 6) is 0.0168. The Morgan fingerprint density at radius 2 is 1.55 bits per heavy atom. The molecule has 0 bridgehead atoms. The summed E-state index contributed by atoms with van der Waals surface area (Å²) in [5, 5.41) is 18.2. The van der Waals surface area contributed by atoms with Crippen molar-refractivity contribution in [3.05, 3.63) is 68.8 Å². The van der Waals surface area contributed by atoms with E-state index in [0.717, 1.165) is 11.1 Å². The number of allylic oxidation sites excluding steroid dienone is 1. The second-order valence-electron chi connectivity index (χ2n) is 12.2. The molecule has 15 nitrogen and oxygen atoms in total. The average molecular weight is 620 g/mol. The summed E-state index contributed by atoms with van der Waals surface area (Å²) < 4.78 is 31.0. The maximum Gasteiger partial charge on any atom is 0.352 e. The third-order valence-corrected chi connectivity index (χ3v) is 8.42. The highest BCUT2D eigenvalue weighted by atomic mass is 32.2. The number of sulfone groups is 1. The molecule has 0 amide bonds. The van der Waals surface area contributed by atoms with Crippen LogP contribution in [0.5, 0.6) is 0 Å². The fourth-order valence-electron chi connectivity index (χ4n) is 4.50. The van der Waals surface area contributed by atoms with Crippen LogP contribution in [0.25, 0.3) is 11.8 Å². The molecule has 16 heteroatoms. The van der Waals surface area contributed by atoms with E-state index >= 15 is 0 Å². The Balaban J connectivity index is 1.81. The molecule has 0 unspecified atom stereocenters. The van der Waals surface area contributed by atoms with E-state index in [2.05, 4.69) is 30.3 Å². The lowest BCUT2D eigenvalue weighted by atomic mass is 9.91. The molecule has 4 aromatic rings. The van der Waals surface area contributed by atoms with Crippen LogP contribution in [0.2, 0.25) is 0 Å². The van der Waals surface area contributed by atoms with Crippen molar-refractivity contribution in [1.29, 1.82) is 0 Å². The molecular formula is C28H33N11O4S. The van der Waals surface area contributed by atoms with Crippen molar-refractivity contribution in [2.75, 3.05) is 5.73 Å². The highest BCUT2D eigenvalue weighted by Crippen LogP contribution is 2.42. The summed E-state index contributed by atoms with van der Waals surface area (Å²) in [6.07, 6.45) is 4.98. The van der Waals surface area contributed by atoms with Gasteiger partial charge in [0.05, 0.1) is 16.3 Å². The highest BCUT2D eigenvalue weighted by Gasteiger charge is 2.37. The first kappa shape index (κ1) is 30.5. The predicted molar refractivity (Wildman–Crippen MR) is 165 cm³/mol. The van der Waals surface area contributed by atoms with Gasteiger partial charge in [-0.3, -0.25) is 9.97 Å². The van der Waals surface area contributed by atoms with Gasteiger partial charge in [-0.15, -0.1) is 10.2 Å². The lowest BCUT2D eigenvalue weighted by molar-refractivity contribution is 0.542. The molecule has 1 aliphatic heterocycles. The van der Waals surface area contributed by atoms with Gasteiger partial charge >= 0.3 is 11.4 Å². The second-order valence-corrected chi connectivity index (χ2v) is 14.1. The van der Waals surface area contributed by atoms with E-state index in [1.165, 1.54) is 16.8 Å². The van der Waals surface area contributed by atoms with Gasteiger partial charge in [0, 0.05) is 17.0 Å². The number of nitrogens with two attached hydrogens (primary N) is 1. The van der Waals surface area contributed by atoms with Gasteiger partial charge in [0.15, 0.2) is 23.1 Å². The Labute approximate surface area is 252 Å². The largest absolute Gasteiger partial charge is 0.382 e.